The molecule has 0 aliphatic rings. The molecule has 6 nitrogen and oxygen atoms in total. The second kappa shape index (κ2) is 8.14. The quantitative estimate of drug-likeness (QED) is 0.678. The van der Waals surface area contributed by atoms with E-state index >= 15 is 0 Å². The fraction of sp³-hybridized carbons (Fsp3) is 0.733. The van der Waals surface area contributed by atoms with Crippen LogP contribution < -0.4 is 0 Å². The summed E-state index contributed by atoms with van der Waals surface area (Å²) in [4.78, 5) is 16.5. The lowest BCUT2D eigenvalue weighted by Gasteiger charge is -2.30. The van der Waals surface area contributed by atoms with E-state index in [1.807, 2.05) is 14.0 Å². The van der Waals surface area contributed by atoms with Crippen molar-refractivity contribution in [3.63, 3.8) is 0 Å². The summed E-state index contributed by atoms with van der Waals surface area (Å²) in [7, 11) is 6.00. The number of hydrogen-bond acceptors (Lipinski definition) is 5. The van der Waals surface area contributed by atoms with Crippen molar-refractivity contribution >= 4 is 5.97 Å². The van der Waals surface area contributed by atoms with Gasteiger partial charge in [0.05, 0.1) is 18.5 Å². The molecule has 1 aromatic rings. The highest BCUT2D eigenvalue weighted by Gasteiger charge is 2.21. The predicted molar refractivity (Wildman–Crippen MR) is 83.3 cm³/mol. The highest BCUT2D eigenvalue weighted by Crippen LogP contribution is 2.14. The van der Waals surface area contributed by atoms with E-state index in [0.29, 0.717) is 24.8 Å². The van der Waals surface area contributed by atoms with E-state index < -0.39 is 0 Å². The van der Waals surface area contributed by atoms with Crippen LogP contribution in [0.1, 0.15) is 36.8 Å². The number of carbonyl (C=O) groups excluding carboxylic acids is 1. The van der Waals surface area contributed by atoms with Crippen molar-refractivity contribution in [1.29, 1.82) is 0 Å². The number of ether oxygens (including phenoxy) is 1. The molecule has 0 saturated heterocycles. The van der Waals surface area contributed by atoms with Gasteiger partial charge < -0.3 is 9.64 Å². The first-order chi connectivity index (χ1) is 9.90. The zero-order valence-electron chi connectivity index (χ0n) is 14.1. The molecule has 0 bridgehead atoms. The Labute approximate surface area is 127 Å². The smallest absolute Gasteiger partial charge is 0.341 e. The van der Waals surface area contributed by atoms with Crippen LogP contribution in [0.15, 0.2) is 6.20 Å². The van der Waals surface area contributed by atoms with Crippen LogP contribution in [-0.4, -0.2) is 65.4 Å². The second-order valence-corrected chi connectivity index (χ2v) is 5.52. The largest absolute Gasteiger partial charge is 0.462 e. The number of hydrogen-bond donors (Lipinski definition) is 0. The van der Waals surface area contributed by atoms with E-state index in [0.717, 1.165) is 18.8 Å². The van der Waals surface area contributed by atoms with Crippen LogP contribution in [0.3, 0.4) is 0 Å². The van der Waals surface area contributed by atoms with Gasteiger partial charge in [-0.15, -0.1) is 0 Å². The summed E-state index contributed by atoms with van der Waals surface area (Å²) in [5.41, 5.74) is 1.47. The molecule has 0 N–H and O–H groups in total. The van der Waals surface area contributed by atoms with Gasteiger partial charge in [0.25, 0.3) is 0 Å². The zero-order chi connectivity index (χ0) is 16.0. The monoisotopic (exact) mass is 296 g/mol. The molecule has 120 valence electrons. The minimum atomic E-state index is -0.295. The molecule has 1 heterocycles. The Bertz CT molecular complexity index is 457. The predicted octanol–water partition coefficient (Wildman–Crippen LogP) is 1.37. The summed E-state index contributed by atoms with van der Waals surface area (Å²) in [6.45, 7) is 9.10. The minimum absolute atomic E-state index is 0.295. The molecule has 0 aliphatic heterocycles. The molecule has 0 amide bonds. The topological polar surface area (TPSA) is 50.6 Å². The molecule has 0 radical (unpaired) electrons. The van der Waals surface area contributed by atoms with E-state index in [2.05, 4.69) is 42.8 Å². The van der Waals surface area contributed by atoms with Crippen LogP contribution in [-0.2, 0) is 18.3 Å². The molecule has 1 aromatic heterocycles. The third kappa shape index (κ3) is 4.82. The van der Waals surface area contributed by atoms with Gasteiger partial charge in [-0.2, -0.15) is 5.10 Å². The molecule has 0 aliphatic carbocycles. The van der Waals surface area contributed by atoms with Crippen molar-refractivity contribution in [2.24, 2.45) is 7.05 Å². The maximum Gasteiger partial charge on any atom is 0.341 e. The molecule has 21 heavy (non-hydrogen) atoms. The number of esters is 1. The molecule has 0 saturated carbocycles. The number of likely N-dealkylation sites (N-methyl/N-ethyl adjacent to an activating group) is 2. The molecule has 1 atom stereocenters. The number of aryl methyl sites for hydroxylation is 1. The molecule has 0 aromatic carbocycles. The molecule has 1 rings (SSSR count). The maximum absolute atomic E-state index is 12.0. The Morgan fingerprint density at radius 1 is 1.43 bits per heavy atom. The Kier molecular flexibility index (Phi) is 6.84. The lowest BCUT2D eigenvalue weighted by atomic mass is 10.2. The standard InChI is InChI=1S/C15H28N4O2/c1-7-19(12(3)10-17(4)5)11-14-13(9-16-18(14)6)15(20)21-8-2/h9,12H,7-8,10-11H2,1-6H3. The first kappa shape index (κ1) is 17.7. The third-order valence-electron chi connectivity index (χ3n) is 3.57. The molecular formula is C15H28N4O2. The Balaban J connectivity index is 2.89. The van der Waals surface area contributed by atoms with Gasteiger partial charge in [0.2, 0.25) is 0 Å². The summed E-state index contributed by atoms with van der Waals surface area (Å²) in [6, 6.07) is 0.398. The van der Waals surface area contributed by atoms with Gasteiger partial charge >= 0.3 is 5.97 Å². The van der Waals surface area contributed by atoms with Gasteiger partial charge in [0, 0.05) is 26.2 Å². The molecular weight excluding hydrogens is 268 g/mol. The van der Waals surface area contributed by atoms with Crippen LogP contribution in [0.5, 0.6) is 0 Å². The van der Waals surface area contributed by atoms with Crippen LogP contribution in [0.2, 0.25) is 0 Å². The maximum atomic E-state index is 12.0. The number of nitrogens with zero attached hydrogens (tertiary/aromatic N) is 4. The van der Waals surface area contributed by atoms with Crippen LogP contribution in [0, 0.1) is 0 Å². The number of aromatic nitrogens is 2. The van der Waals surface area contributed by atoms with Crippen molar-refractivity contribution in [3.8, 4) is 0 Å². The van der Waals surface area contributed by atoms with E-state index in [4.69, 9.17) is 4.74 Å². The van der Waals surface area contributed by atoms with Gasteiger partial charge in [-0.05, 0) is 34.5 Å². The average molecular weight is 296 g/mol. The van der Waals surface area contributed by atoms with Gasteiger partial charge in [0.1, 0.15) is 5.56 Å². The van der Waals surface area contributed by atoms with Crippen LogP contribution in [0.4, 0.5) is 0 Å². The van der Waals surface area contributed by atoms with Crippen LogP contribution >= 0.6 is 0 Å². The highest BCUT2D eigenvalue weighted by molar-refractivity contribution is 5.90. The number of carbonyl (C=O) groups is 1. The first-order valence-corrected chi connectivity index (χ1v) is 7.47. The van der Waals surface area contributed by atoms with E-state index in [9.17, 15) is 4.79 Å². The van der Waals surface area contributed by atoms with Crippen molar-refractivity contribution in [1.82, 2.24) is 19.6 Å². The molecule has 0 spiro atoms. The average Bonchev–Trinajstić information content (AvgIpc) is 2.76. The van der Waals surface area contributed by atoms with Crippen molar-refractivity contribution < 1.29 is 9.53 Å². The zero-order valence-corrected chi connectivity index (χ0v) is 14.1. The number of rotatable bonds is 8. The fourth-order valence-electron chi connectivity index (χ4n) is 2.45. The minimum Gasteiger partial charge on any atom is -0.462 e. The summed E-state index contributed by atoms with van der Waals surface area (Å²) in [6.07, 6.45) is 1.60. The van der Waals surface area contributed by atoms with E-state index in [1.165, 1.54) is 0 Å². The van der Waals surface area contributed by atoms with Crippen molar-refractivity contribution in [2.75, 3.05) is 33.8 Å². The van der Waals surface area contributed by atoms with E-state index in [-0.39, 0.29) is 5.97 Å². The van der Waals surface area contributed by atoms with Crippen molar-refractivity contribution in [3.05, 3.63) is 17.5 Å². The van der Waals surface area contributed by atoms with Gasteiger partial charge in [0.15, 0.2) is 0 Å². The summed E-state index contributed by atoms with van der Waals surface area (Å²) < 4.78 is 6.86. The van der Waals surface area contributed by atoms with Gasteiger partial charge in [-0.25, -0.2) is 4.79 Å². The second-order valence-electron chi connectivity index (χ2n) is 5.52. The molecule has 0 fully saturated rings. The Morgan fingerprint density at radius 2 is 2.10 bits per heavy atom. The van der Waals surface area contributed by atoms with Gasteiger partial charge in [-0.3, -0.25) is 9.58 Å². The van der Waals surface area contributed by atoms with Crippen molar-refractivity contribution in [2.45, 2.75) is 33.4 Å². The summed E-state index contributed by atoms with van der Waals surface area (Å²) in [5, 5.41) is 4.21. The lowest BCUT2D eigenvalue weighted by molar-refractivity contribution is 0.0522. The van der Waals surface area contributed by atoms with E-state index in [1.54, 1.807) is 10.9 Å². The Hall–Kier alpha value is -1.40. The summed E-state index contributed by atoms with van der Waals surface area (Å²) in [5.74, 6) is -0.295. The fourth-order valence-corrected chi connectivity index (χ4v) is 2.45. The van der Waals surface area contributed by atoms with Crippen LogP contribution in [0.25, 0.3) is 0 Å². The first-order valence-electron chi connectivity index (χ1n) is 7.47. The summed E-state index contributed by atoms with van der Waals surface area (Å²) >= 11 is 0. The Morgan fingerprint density at radius 3 is 2.62 bits per heavy atom. The highest BCUT2D eigenvalue weighted by atomic mass is 16.5. The molecule has 6 heteroatoms. The SMILES string of the molecule is CCOC(=O)c1cnn(C)c1CN(CC)C(C)CN(C)C. The molecule has 1 unspecified atom stereocenters. The van der Waals surface area contributed by atoms with Gasteiger partial charge in [-0.1, -0.05) is 6.92 Å². The third-order valence-corrected chi connectivity index (χ3v) is 3.57. The normalized spacial score (nSPS) is 13.0. The lowest BCUT2D eigenvalue weighted by Crippen LogP contribution is -2.40.